The van der Waals surface area contributed by atoms with Crippen LogP contribution in [0.4, 0.5) is 0 Å². The average Bonchev–Trinajstić information content (AvgIpc) is 2.90. The monoisotopic (exact) mass is 369 g/mol. The van der Waals surface area contributed by atoms with Gasteiger partial charge >= 0.3 is 0 Å². The third-order valence-corrected chi connectivity index (χ3v) is 7.89. The van der Waals surface area contributed by atoms with Crippen LogP contribution in [0.1, 0.15) is 41.6 Å². The number of sulfone groups is 1. The summed E-state index contributed by atoms with van der Waals surface area (Å²) in [5.41, 5.74) is 1.76. The van der Waals surface area contributed by atoms with Crippen LogP contribution in [0.5, 0.6) is 0 Å². The predicted molar refractivity (Wildman–Crippen MR) is 101 cm³/mol. The van der Waals surface area contributed by atoms with Gasteiger partial charge in [0.15, 0.2) is 9.84 Å². The van der Waals surface area contributed by atoms with E-state index in [9.17, 15) is 13.2 Å². The van der Waals surface area contributed by atoms with Gasteiger partial charge in [-0.2, -0.15) is 0 Å². The SMILES string of the molecule is Cc1cccc(C(=O)N2C3CCC2CC(S(=O)(=O)c2ccccc2)C3)c1. The van der Waals surface area contributed by atoms with Crippen LogP contribution in [-0.4, -0.2) is 36.6 Å². The maximum atomic E-state index is 13.0. The molecule has 2 fully saturated rings. The molecule has 0 aliphatic carbocycles. The van der Waals surface area contributed by atoms with E-state index < -0.39 is 15.1 Å². The molecule has 0 N–H and O–H groups in total. The first-order valence-corrected chi connectivity index (χ1v) is 10.7. The molecule has 2 saturated heterocycles. The van der Waals surface area contributed by atoms with Gasteiger partial charge in [-0.25, -0.2) is 8.42 Å². The molecule has 26 heavy (non-hydrogen) atoms. The van der Waals surface area contributed by atoms with Gasteiger partial charge in [0.2, 0.25) is 0 Å². The molecular weight excluding hydrogens is 346 g/mol. The molecule has 2 aromatic carbocycles. The van der Waals surface area contributed by atoms with Gasteiger partial charge in [0.05, 0.1) is 10.1 Å². The van der Waals surface area contributed by atoms with E-state index in [4.69, 9.17) is 0 Å². The van der Waals surface area contributed by atoms with Gasteiger partial charge < -0.3 is 4.90 Å². The molecule has 2 unspecified atom stereocenters. The van der Waals surface area contributed by atoms with Crippen molar-refractivity contribution in [3.05, 3.63) is 65.7 Å². The van der Waals surface area contributed by atoms with Crippen molar-refractivity contribution < 1.29 is 13.2 Å². The summed E-state index contributed by atoms with van der Waals surface area (Å²) in [6.07, 6.45) is 2.85. The number of piperidine rings is 1. The highest BCUT2D eigenvalue weighted by atomic mass is 32.2. The lowest BCUT2D eigenvalue weighted by atomic mass is 10.0. The van der Waals surface area contributed by atoms with Crippen molar-refractivity contribution >= 4 is 15.7 Å². The first-order chi connectivity index (χ1) is 12.5. The fourth-order valence-electron chi connectivity index (χ4n) is 4.44. The minimum absolute atomic E-state index is 0.0187. The number of nitrogens with zero attached hydrogens (tertiary/aromatic N) is 1. The summed E-state index contributed by atoms with van der Waals surface area (Å²) in [4.78, 5) is 15.4. The molecule has 0 spiro atoms. The Bertz CT molecular complexity index is 909. The molecule has 136 valence electrons. The number of hydrogen-bond donors (Lipinski definition) is 0. The normalized spacial score (nSPS) is 25.3. The Balaban J connectivity index is 1.57. The molecule has 2 bridgehead atoms. The molecular formula is C21H23NO3S. The molecule has 0 saturated carbocycles. The Morgan fingerprint density at radius 3 is 2.23 bits per heavy atom. The Morgan fingerprint density at radius 1 is 0.962 bits per heavy atom. The van der Waals surface area contributed by atoms with Crippen molar-refractivity contribution in [2.75, 3.05) is 0 Å². The van der Waals surface area contributed by atoms with E-state index in [2.05, 4.69) is 0 Å². The van der Waals surface area contributed by atoms with E-state index in [0.29, 0.717) is 23.3 Å². The van der Waals surface area contributed by atoms with Gasteiger partial charge in [0, 0.05) is 17.6 Å². The molecule has 2 heterocycles. The molecule has 2 aromatic rings. The van der Waals surface area contributed by atoms with Crippen LogP contribution in [0, 0.1) is 6.92 Å². The van der Waals surface area contributed by atoms with E-state index in [-0.39, 0.29) is 18.0 Å². The Labute approximate surface area is 154 Å². The fourth-order valence-corrected chi connectivity index (χ4v) is 6.31. The second kappa shape index (κ2) is 6.54. The molecule has 5 heteroatoms. The van der Waals surface area contributed by atoms with Crippen LogP contribution in [-0.2, 0) is 9.84 Å². The van der Waals surface area contributed by atoms with Crippen molar-refractivity contribution in [2.24, 2.45) is 0 Å². The highest BCUT2D eigenvalue weighted by Gasteiger charge is 2.47. The number of amides is 1. The van der Waals surface area contributed by atoms with E-state index in [1.54, 1.807) is 24.3 Å². The van der Waals surface area contributed by atoms with Crippen LogP contribution < -0.4 is 0 Å². The molecule has 4 nitrogen and oxygen atoms in total. The second-order valence-corrected chi connectivity index (χ2v) is 9.65. The van der Waals surface area contributed by atoms with E-state index in [0.717, 1.165) is 18.4 Å². The van der Waals surface area contributed by atoms with Gasteiger partial charge in [-0.1, -0.05) is 35.9 Å². The van der Waals surface area contributed by atoms with Gasteiger partial charge in [0.25, 0.3) is 5.91 Å². The average molecular weight is 369 g/mol. The van der Waals surface area contributed by atoms with E-state index in [1.165, 1.54) is 0 Å². The number of benzene rings is 2. The van der Waals surface area contributed by atoms with Crippen molar-refractivity contribution in [2.45, 2.75) is 54.8 Å². The number of carbonyl (C=O) groups excluding carboxylic acids is 1. The van der Waals surface area contributed by atoms with Gasteiger partial charge in [0.1, 0.15) is 0 Å². The Morgan fingerprint density at radius 2 is 1.62 bits per heavy atom. The predicted octanol–water partition coefficient (Wildman–Crippen LogP) is 3.60. The second-order valence-electron chi connectivity index (χ2n) is 7.42. The third kappa shape index (κ3) is 2.94. The van der Waals surface area contributed by atoms with Crippen LogP contribution in [0.15, 0.2) is 59.5 Å². The van der Waals surface area contributed by atoms with Crippen LogP contribution in [0.2, 0.25) is 0 Å². The van der Waals surface area contributed by atoms with Crippen molar-refractivity contribution in [3.8, 4) is 0 Å². The summed E-state index contributed by atoms with van der Waals surface area (Å²) in [7, 11) is -3.35. The smallest absolute Gasteiger partial charge is 0.254 e. The quantitative estimate of drug-likeness (QED) is 0.831. The first-order valence-electron chi connectivity index (χ1n) is 9.15. The molecule has 4 rings (SSSR count). The first kappa shape index (κ1) is 17.3. The topological polar surface area (TPSA) is 54.5 Å². The number of rotatable bonds is 3. The van der Waals surface area contributed by atoms with Gasteiger partial charge in [-0.05, 0) is 56.9 Å². The molecule has 1 amide bonds. The van der Waals surface area contributed by atoms with Crippen molar-refractivity contribution in [1.82, 2.24) is 4.90 Å². The summed E-state index contributed by atoms with van der Waals surface area (Å²) < 4.78 is 26.0. The molecule has 0 aromatic heterocycles. The minimum atomic E-state index is -3.35. The number of carbonyl (C=O) groups is 1. The standard InChI is InChI=1S/C21H23NO3S/c1-15-6-5-7-16(12-15)21(23)22-17-10-11-18(22)14-20(13-17)26(24,25)19-8-3-2-4-9-19/h2-9,12,17-18,20H,10-11,13-14H2,1H3. The Hall–Kier alpha value is -2.14. The molecule has 2 aliphatic heterocycles. The summed E-state index contributed by atoms with van der Waals surface area (Å²) in [5.74, 6) is 0.0387. The third-order valence-electron chi connectivity index (χ3n) is 5.70. The van der Waals surface area contributed by atoms with Crippen LogP contribution in [0.25, 0.3) is 0 Å². The van der Waals surface area contributed by atoms with E-state index >= 15 is 0 Å². The van der Waals surface area contributed by atoms with Crippen LogP contribution >= 0.6 is 0 Å². The maximum Gasteiger partial charge on any atom is 0.254 e. The lowest BCUT2D eigenvalue weighted by Gasteiger charge is -2.38. The minimum Gasteiger partial charge on any atom is -0.333 e. The van der Waals surface area contributed by atoms with Crippen molar-refractivity contribution in [3.63, 3.8) is 0 Å². The zero-order valence-corrected chi connectivity index (χ0v) is 15.7. The maximum absolute atomic E-state index is 13.0. The van der Waals surface area contributed by atoms with Gasteiger partial charge in [-0.15, -0.1) is 0 Å². The summed E-state index contributed by atoms with van der Waals surface area (Å²) in [6, 6.07) is 16.4. The van der Waals surface area contributed by atoms with E-state index in [1.807, 2.05) is 42.2 Å². The molecule has 2 atom stereocenters. The molecule has 2 aliphatic rings. The largest absolute Gasteiger partial charge is 0.333 e. The van der Waals surface area contributed by atoms with Crippen molar-refractivity contribution in [1.29, 1.82) is 0 Å². The lowest BCUT2D eigenvalue weighted by molar-refractivity contribution is 0.0598. The summed E-state index contributed by atoms with van der Waals surface area (Å²) in [5, 5.41) is -0.399. The number of aryl methyl sites for hydroxylation is 1. The van der Waals surface area contributed by atoms with Crippen LogP contribution in [0.3, 0.4) is 0 Å². The Kier molecular flexibility index (Phi) is 4.35. The number of hydrogen-bond acceptors (Lipinski definition) is 3. The lowest BCUT2D eigenvalue weighted by Crippen LogP contribution is -2.49. The highest BCUT2D eigenvalue weighted by Crippen LogP contribution is 2.40. The zero-order chi connectivity index (χ0) is 18.3. The fraction of sp³-hybridized carbons (Fsp3) is 0.381. The summed E-state index contributed by atoms with van der Waals surface area (Å²) in [6.45, 7) is 1.98. The summed E-state index contributed by atoms with van der Waals surface area (Å²) >= 11 is 0. The molecule has 0 radical (unpaired) electrons. The number of fused-ring (bicyclic) bond motifs is 2. The van der Waals surface area contributed by atoms with Gasteiger partial charge in [-0.3, -0.25) is 4.79 Å². The highest BCUT2D eigenvalue weighted by molar-refractivity contribution is 7.92. The zero-order valence-electron chi connectivity index (χ0n) is 14.8.